The monoisotopic (exact) mass is 183 g/mol. The average molecular weight is 183 g/mol. The molecule has 0 saturated heterocycles. The van der Waals surface area contributed by atoms with Crippen molar-refractivity contribution in [3.63, 3.8) is 0 Å². The lowest BCUT2D eigenvalue weighted by molar-refractivity contribution is -0.144. The molecule has 0 aromatic carbocycles. The van der Waals surface area contributed by atoms with Gasteiger partial charge in [-0.25, -0.2) is 0 Å². The molecule has 0 amide bonds. The number of hydrogen-bond donors (Lipinski definition) is 2. The number of aliphatic carboxylic acids is 1. The number of carboxylic acids is 1. The molecule has 0 aliphatic heterocycles. The Balaban J connectivity index is 4.36. The van der Waals surface area contributed by atoms with Crippen LogP contribution in [0, 0.1) is 18.3 Å². The lowest BCUT2D eigenvalue weighted by atomic mass is 9.91. The number of nitrogens with one attached hydrogen (secondary N) is 1. The van der Waals surface area contributed by atoms with Gasteiger partial charge in [0.2, 0.25) is 0 Å². The molecule has 2 N–H and O–H groups in total. The van der Waals surface area contributed by atoms with Crippen molar-refractivity contribution in [2.45, 2.75) is 32.7 Å². The van der Waals surface area contributed by atoms with E-state index in [4.69, 9.17) is 11.5 Å². The summed E-state index contributed by atoms with van der Waals surface area (Å²) in [6, 6.07) is 0. The third-order valence-corrected chi connectivity index (χ3v) is 1.87. The molecular formula is C10H17NO2. The molecule has 0 aromatic heterocycles. The summed E-state index contributed by atoms with van der Waals surface area (Å²) in [5.74, 6) is 1.85. The van der Waals surface area contributed by atoms with E-state index in [0.717, 1.165) is 0 Å². The third-order valence-electron chi connectivity index (χ3n) is 1.87. The molecule has 0 aliphatic carbocycles. The van der Waals surface area contributed by atoms with Crippen molar-refractivity contribution in [1.29, 1.82) is 0 Å². The van der Waals surface area contributed by atoms with Crippen LogP contribution >= 0.6 is 0 Å². The number of carbonyl (C=O) groups is 1. The van der Waals surface area contributed by atoms with E-state index in [1.807, 2.05) is 13.8 Å². The fourth-order valence-electron chi connectivity index (χ4n) is 1.30. The van der Waals surface area contributed by atoms with Gasteiger partial charge in [0, 0.05) is 0 Å². The van der Waals surface area contributed by atoms with Crippen LogP contribution in [0.2, 0.25) is 0 Å². The van der Waals surface area contributed by atoms with Crippen LogP contribution in [0.1, 0.15) is 27.2 Å². The van der Waals surface area contributed by atoms with E-state index >= 15 is 0 Å². The number of terminal acetylenes is 1. The maximum Gasteiger partial charge on any atom is 0.323 e. The topological polar surface area (TPSA) is 49.3 Å². The highest BCUT2D eigenvalue weighted by Gasteiger charge is 2.32. The maximum atomic E-state index is 10.9. The average Bonchev–Trinajstić information content (AvgIpc) is 1.99. The van der Waals surface area contributed by atoms with Crippen LogP contribution in [0.5, 0.6) is 0 Å². The third kappa shape index (κ3) is 3.95. The highest BCUT2D eigenvalue weighted by molar-refractivity contribution is 5.78. The van der Waals surface area contributed by atoms with Crippen molar-refractivity contribution in [3.8, 4) is 12.3 Å². The zero-order chi connectivity index (χ0) is 10.5. The highest BCUT2D eigenvalue weighted by atomic mass is 16.4. The molecule has 0 rings (SSSR count). The van der Waals surface area contributed by atoms with Crippen molar-refractivity contribution in [2.24, 2.45) is 5.92 Å². The fraction of sp³-hybridized carbons (Fsp3) is 0.700. The van der Waals surface area contributed by atoms with Crippen LogP contribution < -0.4 is 5.32 Å². The van der Waals surface area contributed by atoms with Crippen molar-refractivity contribution >= 4 is 5.97 Å². The summed E-state index contributed by atoms with van der Waals surface area (Å²) < 4.78 is 0. The second kappa shape index (κ2) is 4.88. The lowest BCUT2D eigenvalue weighted by Gasteiger charge is -2.27. The van der Waals surface area contributed by atoms with E-state index in [2.05, 4.69) is 11.2 Å². The molecule has 1 unspecified atom stereocenters. The molecule has 0 saturated carbocycles. The van der Waals surface area contributed by atoms with E-state index in [0.29, 0.717) is 12.3 Å². The summed E-state index contributed by atoms with van der Waals surface area (Å²) in [5.41, 5.74) is -0.902. The Kier molecular flexibility index (Phi) is 4.50. The Labute approximate surface area is 79.5 Å². The maximum absolute atomic E-state index is 10.9. The molecule has 0 aromatic rings. The first-order chi connectivity index (χ1) is 5.92. The molecule has 3 heteroatoms. The van der Waals surface area contributed by atoms with Gasteiger partial charge in [-0.05, 0) is 19.3 Å². The molecule has 13 heavy (non-hydrogen) atoms. The zero-order valence-corrected chi connectivity index (χ0v) is 8.42. The van der Waals surface area contributed by atoms with Gasteiger partial charge in [0.1, 0.15) is 5.54 Å². The van der Waals surface area contributed by atoms with Gasteiger partial charge in [-0.15, -0.1) is 6.42 Å². The Hall–Kier alpha value is -1.01. The van der Waals surface area contributed by atoms with Gasteiger partial charge in [-0.1, -0.05) is 19.8 Å². The van der Waals surface area contributed by atoms with Crippen LogP contribution in [0.25, 0.3) is 0 Å². The Bertz CT molecular complexity index is 217. The van der Waals surface area contributed by atoms with Crippen LogP contribution in [0.15, 0.2) is 0 Å². The first kappa shape index (κ1) is 12.0. The molecule has 0 heterocycles. The summed E-state index contributed by atoms with van der Waals surface area (Å²) in [5, 5.41) is 11.8. The lowest BCUT2D eigenvalue weighted by Crippen LogP contribution is -2.50. The first-order valence-corrected chi connectivity index (χ1v) is 4.34. The molecule has 0 radical (unpaired) electrons. The number of hydrogen-bond acceptors (Lipinski definition) is 2. The van der Waals surface area contributed by atoms with Crippen molar-refractivity contribution in [3.05, 3.63) is 0 Å². The summed E-state index contributed by atoms with van der Waals surface area (Å²) in [4.78, 5) is 10.9. The van der Waals surface area contributed by atoms with Crippen LogP contribution in [-0.4, -0.2) is 23.2 Å². The molecule has 3 nitrogen and oxygen atoms in total. The predicted molar refractivity (Wildman–Crippen MR) is 52.3 cm³/mol. The molecular weight excluding hydrogens is 166 g/mol. The van der Waals surface area contributed by atoms with E-state index in [1.165, 1.54) is 0 Å². The van der Waals surface area contributed by atoms with Gasteiger partial charge < -0.3 is 5.11 Å². The molecule has 0 spiro atoms. The van der Waals surface area contributed by atoms with E-state index in [-0.39, 0.29) is 6.54 Å². The minimum atomic E-state index is -0.902. The van der Waals surface area contributed by atoms with Gasteiger partial charge in [0.05, 0.1) is 6.54 Å². The standard InChI is InChI=1S/C10H17NO2/c1-5-6-11-10(4,9(12)13)7-8(2)3/h1,8,11H,6-7H2,2-4H3,(H,12,13). The number of rotatable bonds is 5. The highest BCUT2D eigenvalue weighted by Crippen LogP contribution is 2.16. The smallest absolute Gasteiger partial charge is 0.323 e. The summed E-state index contributed by atoms with van der Waals surface area (Å²) in [6.45, 7) is 5.92. The Morgan fingerprint density at radius 1 is 1.69 bits per heavy atom. The van der Waals surface area contributed by atoms with E-state index < -0.39 is 11.5 Å². The molecule has 0 aliphatic rings. The first-order valence-electron chi connectivity index (χ1n) is 4.34. The van der Waals surface area contributed by atoms with Gasteiger partial charge >= 0.3 is 5.97 Å². The van der Waals surface area contributed by atoms with Gasteiger partial charge in [0.25, 0.3) is 0 Å². The Morgan fingerprint density at radius 2 is 2.23 bits per heavy atom. The second-order valence-electron chi connectivity index (χ2n) is 3.79. The quantitative estimate of drug-likeness (QED) is 0.627. The summed E-state index contributed by atoms with van der Waals surface area (Å²) >= 11 is 0. The SMILES string of the molecule is C#CCNC(C)(CC(C)C)C(=O)O. The fourth-order valence-corrected chi connectivity index (χ4v) is 1.30. The van der Waals surface area contributed by atoms with Gasteiger partial charge in [-0.3, -0.25) is 10.1 Å². The summed E-state index contributed by atoms with van der Waals surface area (Å²) in [6.07, 6.45) is 5.63. The van der Waals surface area contributed by atoms with E-state index in [9.17, 15) is 4.79 Å². The number of carboxylic acid groups (broad SMARTS) is 1. The van der Waals surface area contributed by atoms with Crippen molar-refractivity contribution in [2.75, 3.05) is 6.54 Å². The second-order valence-corrected chi connectivity index (χ2v) is 3.79. The summed E-state index contributed by atoms with van der Waals surface area (Å²) in [7, 11) is 0. The van der Waals surface area contributed by atoms with Crippen molar-refractivity contribution in [1.82, 2.24) is 5.32 Å². The van der Waals surface area contributed by atoms with Crippen LogP contribution in [-0.2, 0) is 4.79 Å². The van der Waals surface area contributed by atoms with Gasteiger partial charge in [-0.2, -0.15) is 0 Å². The van der Waals surface area contributed by atoms with Crippen LogP contribution in [0.4, 0.5) is 0 Å². The van der Waals surface area contributed by atoms with Crippen molar-refractivity contribution < 1.29 is 9.90 Å². The minimum Gasteiger partial charge on any atom is -0.480 e. The van der Waals surface area contributed by atoms with E-state index in [1.54, 1.807) is 6.92 Å². The normalized spacial score (nSPS) is 15.0. The Morgan fingerprint density at radius 3 is 2.54 bits per heavy atom. The predicted octanol–water partition coefficient (Wildman–Crippen LogP) is 1.10. The minimum absolute atomic E-state index is 0.287. The molecule has 74 valence electrons. The molecule has 0 fully saturated rings. The molecule has 0 bridgehead atoms. The van der Waals surface area contributed by atoms with Gasteiger partial charge in [0.15, 0.2) is 0 Å². The molecule has 1 atom stereocenters. The largest absolute Gasteiger partial charge is 0.480 e. The zero-order valence-electron chi connectivity index (χ0n) is 8.42. The van der Waals surface area contributed by atoms with Crippen LogP contribution in [0.3, 0.4) is 0 Å².